The lowest BCUT2D eigenvalue weighted by atomic mass is 10.1. The third-order valence-electron chi connectivity index (χ3n) is 7.39. The van der Waals surface area contributed by atoms with Crippen molar-refractivity contribution in [1.82, 2.24) is 5.32 Å². The van der Waals surface area contributed by atoms with Gasteiger partial charge in [-0.15, -0.1) is 11.8 Å². The lowest BCUT2D eigenvalue weighted by Crippen LogP contribution is -2.34. The van der Waals surface area contributed by atoms with Gasteiger partial charge in [-0.2, -0.15) is 0 Å². The van der Waals surface area contributed by atoms with Crippen LogP contribution in [0.4, 0.5) is 17.1 Å². The predicted molar refractivity (Wildman–Crippen MR) is 189 cm³/mol. The quantitative estimate of drug-likeness (QED) is 0.122. The monoisotopic (exact) mass is 657 g/mol. The number of methoxy groups -OCH3 is 1. The lowest BCUT2D eigenvalue weighted by Gasteiger charge is -2.32. The minimum atomic E-state index is -0.496. The molecule has 0 bridgehead atoms. The molecular weight excluding hydrogens is 627 g/mol. The lowest BCUT2D eigenvalue weighted by molar-refractivity contribution is -0.117. The van der Waals surface area contributed by atoms with Gasteiger partial charge >= 0.3 is 0 Å². The van der Waals surface area contributed by atoms with Crippen LogP contribution in [-0.4, -0.2) is 30.1 Å². The van der Waals surface area contributed by atoms with E-state index in [1.807, 2.05) is 90.7 Å². The molecule has 2 N–H and O–H groups in total. The van der Waals surface area contributed by atoms with Crippen molar-refractivity contribution >= 4 is 64.4 Å². The number of anilines is 3. The van der Waals surface area contributed by atoms with Gasteiger partial charge in [0.2, 0.25) is 5.91 Å². The smallest absolute Gasteiger partial charge is 0.272 e. The Balaban J connectivity index is 1.17. The van der Waals surface area contributed by atoms with E-state index in [1.165, 1.54) is 11.8 Å². The van der Waals surface area contributed by atoms with Crippen LogP contribution in [0.5, 0.6) is 5.75 Å². The molecule has 47 heavy (non-hydrogen) atoms. The molecule has 234 valence electrons. The molecule has 0 fully saturated rings. The first kappa shape index (κ1) is 31.7. The van der Waals surface area contributed by atoms with Crippen LogP contribution >= 0.6 is 23.5 Å². The van der Waals surface area contributed by atoms with Crippen LogP contribution in [0.15, 0.2) is 148 Å². The van der Waals surface area contributed by atoms with E-state index in [9.17, 15) is 14.4 Å². The second-order valence-electron chi connectivity index (χ2n) is 10.6. The highest BCUT2D eigenvalue weighted by atomic mass is 32.2. The average Bonchev–Trinajstić information content (AvgIpc) is 3.11. The van der Waals surface area contributed by atoms with Crippen LogP contribution < -0.4 is 20.3 Å². The number of hydrogen-bond donors (Lipinski definition) is 2. The maximum absolute atomic E-state index is 13.9. The maximum atomic E-state index is 13.9. The van der Waals surface area contributed by atoms with E-state index in [0.29, 0.717) is 22.6 Å². The Labute approximate surface area is 282 Å². The summed E-state index contributed by atoms with van der Waals surface area (Å²) >= 11 is 3.11. The highest BCUT2D eigenvalue weighted by Crippen LogP contribution is 2.48. The number of rotatable bonds is 9. The van der Waals surface area contributed by atoms with Crippen LogP contribution in [-0.2, 0) is 9.59 Å². The Morgan fingerprint density at radius 2 is 1.36 bits per heavy atom. The Bertz CT molecular complexity index is 1920. The van der Waals surface area contributed by atoms with Crippen molar-refractivity contribution in [3.05, 3.63) is 144 Å². The van der Waals surface area contributed by atoms with E-state index in [1.54, 1.807) is 73.5 Å². The average molecular weight is 658 g/mol. The summed E-state index contributed by atoms with van der Waals surface area (Å²) in [5, 5.41) is 5.25. The number of carbonyl (C=O) groups excluding carboxylic acids is 3. The fourth-order valence-electron chi connectivity index (χ4n) is 5.08. The van der Waals surface area contributed by atoms with Crippen LogP contribution in [0.3, 0.4) is 0 Å². The van der Waals surface area contributed by atoms with Gasteiger partial charge in [0.15, 0.2) is 0 Å². The summed E-state index contributed by atoms with van der Waals surface area (Å²) in [6.45, 7) is 1.90. The molecule has 3 amide bonds. The van der Waals surface area contributed by atoms with Crippen molar-refractivity contribution in [2.45, 2.75) is 26.9 Å². The van der Waals surface area contributed by atoms with E-state index in [4.69, 9.17) is 4.74 Å². The van der Waals surface area contributed by atoms with Crippen LogP contribution in [0, 0.1) is 0 Å². The molecule has 1 unspecified atom stereocenters. The number of para-hydroxylation sites is 3. The standard InChI is InChI=1S/C38H31N3O4S2/c1-25(38(44)41-31-15-7-10-18-34(31)47-35-19-11-8-16-32(35)41)46-29-22-20-28(21-23-29)39-37(43)30(24-27-14-6-9-17-33(27)45-2)40-36(42)26-12-4-3-5-13-26/h3-25H,1-2H3,(H,39,43)(H,40,42)/b30-24-. The van der Waals surface area contributed by atoms with Gasteiger partial charge in [-0.25, -0.2) is 0 Å². The Kier molecular flexibility index (Phi) is 9.75. The summed E-state index contributed by atoms with van der Waals surface area (Å²) < 4.78 is 5.45. The molecule has 0 radical (unpaired) electrons. The number of amides is 3. The van der Waals surface area contributed by atoms with Gasteiger partial charge in [-0.3, -0.25) is 19.3 Å². The number of carbonyl (C=O) groups is 3. The summed E-state index contributed by atoms with van der Waals surface area (Å²) in [6, 6.07) is 39.1. The third kappa shape index (κ3) is 7.27. The minimum absolute atomic E-state index is 0.0205. The van der Waals surface area contributed by atoms with E-state index in [-0.39, 0.29) is 16.9 Å². The molecule has 6 rings (SSSR count). The topological polar surface area (TPSA) is 87.7 Å². The van der Waals surface area contributed by atoms with Crippen LogP contribution in [0.25, 0.3) is 6.08 Å². The molecule has 5 aromatic rings. The molecule has 0 saturated carbocycles. The first-order chi connectivity index (χ1) is 22.9. The van der Waals surface area contributed by atoms with Gasteiger partial charge < -0.3 is 15.4 Å². The molecule has 9 heteroatoms. The van der Waals surface area contributed by atoms with Crippen molar-refractivity contribution in [3.63, 3.8) is 0 Å². The summed E-state index contributed by atoms with van der Waals surface area (Å²) in [5.74, 6) is -0.366. The van der Waals surface area contributed by atoms with E-state index in [2.05, 4.69) is 10.6 Å². The second kappa shape index (κ2) is 14.5. The Hall–Kier alpha value is -5.25. The van der Waals surface area contributed by atoms with Gasteiger partial charge in [0.25, 0.3) is 11.8 Å². The van der Waals surface area contributed by atoms with Gasteiger partial charge in [0, 0.05) is 31.5 Å². The maximum Gasteiger partial charge on any atom is 0.272 e. The Morgan fingerprint density at radius 1 is 0.766 bits per heavy atom. The van der Waals surface area contributed by atoms with Crippen LogP contribution in [0.1, 0.15) is 22.8 Å². The fraction of sp³-hybridized carbons (Fsp3) is 0.0789. The Morgan fingerprint density at radius 3 is 2.02 bits per heavy atom. The van der Waals surface area contributed by atoms with Crippen molar-refractivity contribution in [2.75, 3.05) is 17.3 Å². The zero-order chi connectivity index (χ0) is 32.8. The number of ether oxygens (including phenoxy) is 1. The molecular formula is C38H31N3O4S2. The van der Waals surface area contributed by atoms with Gasteiger partial charge in [0.05, 0.1) is 23.7 Å². The number of benzene rings is 5. The molecule has 7 nitrogen and oxygen atoms in total. The summed E-state index contributed by atoms with van der Waals surface area (Å²) in [6.07, 6.45) is 1.59. The molecule has 1 aliphatic rings. The van der Waals surface area contributed by atoms with Gasteiger partial charge in [-0.05, 0) is 79.7 Å². The van der Waals surface area contributed by atoms with E-state index in [0.717, 1.165) is 26.1 Å². The van der Waals surface area contributed by atoms with Gasteiger partial charge in [0.1, 0.15) is 11.4 Å². The third-order valence-corrected chi connectivity index (χ3v) is 9.62. The SMILES string of the molecule is COc1ccccc1/C=C(\NC(=O)c1ccccc1)C(=O)Nc1ccc(SC(C)C(=O)N2c3ccccc3Sc3ccccc32)cc1. The zero-order valence-corrected chi connectivity index (χ0v) is 27.3. The van der Waals surface area contributed by atoms with Crippen molar-refractivity contribution in [2.24, 2.45) is 0 Å². The van der Waals surface area contributed by atoms with Crippen molar-refractivity contribution in [3.8, 4) is 5.75 Å². The normalized spacial score (nSPS) is 12.7. The molecule has 0 saturated heterocycles. The molecule has 1 heterocycles. The minimum Gasteiger partial charge on any atom is -0.496 e. The second-order valence-corrected chi connectivity index (χ2v) is 13.1. The van der Waals surface area contributed by atoms with E-state index < -0.39 is 11.8 Å². The first-order valence-corrected chi connectivity index (χ1v) is 16.6. The number of hydrogen-bond acceptors (Lipinski definition) is 6. The zero-order valence-electron chi connectivity index (χ0n) is 25.7. The largest absolute Gasteiger partial charge is 0.496 e. The number of thioether (sulfide) groups is 1. The molecule has 1 aliphatic heterocycles. The van der Waals surface area contributed by atoms with Crippen molar-refractivity contribution < 1.29 is 19.1 Å². The highest BCUT2D eigenvalue weighted by Gasteiger charge is 2.31. The van der Waals surface area contributed by atoms with Crippen LogP contribution in [0.2, 0.25) is 0 Å². The van der Waals surface area contributed by atoms with Crippen molar-refractivity contribution in [1.29, 1.82) is 0 Å². The summed E-state index contributed by atoms with van der Waals surface area (Å²) in [5.41, 5.74) is 3.41. The van der Waals surface area contributed by atoms with E-state index >= 15 is 0 Å². The molecule has 1 atom stereocenters. The molecule has 0 spiro atoms. The number of fused-ring (bicyclic) bond motifs is 2. The number of nitrogens with one attached hydrogen (secondary N) is 2. The molecule has 0 aliphatic carbocycles. The molecule has 5 aromatic carbocycles. The first-order valence-electron chi connectivity index (χ1n) is 14.9. The molecule has 0 aromatic heterocycles. The summed E-state index contributed by atoms with van der Waals surface area (Å²) in [4.78, 5) is 45.2. The predicted octanol–water partition coefficient (Wildman–Crippen LogP) is 8.41. The number of nitrogens with zero attached hydrogens (tertiary/aromatic N) is 1. The highest BCUT2D eigenvalue weighted by molar-refractivity contribution is 8.00. The van der Waals surface area contributed by atoms with Gasteiger partial charge in [-0.1, -0.05) is 72.4 Å². The summed E-state index contributed by atoms with van der Waals surface area (Å²) in [7, 11) is 1.55. The fourth-order valence-corrected chi connectivity index (χ4v) is 7.04.